The number of hydroxylamine groups is 2. The lowest BCUT2D eigenvalue weighted by atomic mass is 10.0. The predicted octanol–water partition coefficient (Wildman–Crippen LogP) is 4.52. The molecule has 1 N–H and O–H groups in total. The van der Waals surface area contributed by atoms with Crippen LogP contribution >= 0.6 is 0 Å². The van der Waals surface area contributed by atoms with Gasteiger partial charge in [0.25, 0.3) is 6.43 Å². The van der Waals surface area contributed by atoms with Crippen molar-refractivity contribution in [3.05, 3.63) is 65.2 Å². The van der Waals surface area contributed by atoms with E-state index in [1.54, 1.807) is 62.1 Å². The third-order valence-corrected chi connectivity index (χ3v) is 5.49. The van der Waals surface area contributed by atoms with Crippen LogP contribution in [-0.2, 0) is 14.3 Å². The van der Waals surface area contributed by atoms with Crippen LogP contribution in [0.25, 0.3) is 0 Å². The first kappa shape index (κ1) is 28.0. The summed E-state index contributed by atoms with van der Waals surface area (Å²) >= 11 is 0. The summed E-state index contributed by atoms with van der Waals surface area (Å²) in [7, 11) is 1.21. The first-order valence-corrected chi connectivity index (χ1v) is 11.7. The number of amides is 1. The summed E-state index contributed by atoms with van der Waals surface area (Å²) < 4.78 is 36.4. The van der Waals surface area contributed by atoms with Gasteiger partial charge < -0.3 is 14.3 Å². The Morgan fingerprint density at radius 3 is 2.38 bits per heavy atom. The van der Waals surface area contributed by atoms with Crippen molar-refractivity contribution in [2.24, 2.45) is 0 Å². The highest BCUT2D eigenvalue weighted by molar-refractivity contribution is 6.00. The molecule has 2 aromatic carbocycles. The lowest BCUT2D eigenvalue weighted by Crippen LogP contribution is -2.50. The SMILES string of the molecule is COC(=O)c1ccc(C2CN(CC(F)F)CCN2OC(=O)c2ccccc2)cc1NC(=O)OC(C)(C)C. The number of methoxy groups -OCH3 is 1. The molecule has 0 bridgehead atoms. The molecular formula is C26H31F2N3O6. The maximum atomic E-state index is 13.1. The van der Waals surface area contributed by atoms with Crippen LogP contribution < -0.4 is 5.32 Å². The van der Waals surface area contributed by atoms with Crippen LogP contribution in [0.2, 0.25) is 0 Å². The number of nitrogens with zero attached hydrogens (tertiary/aromatic N) is 2. The summed E-state index contributed by atoms with van der Waals surface area (Å²) in [5, 5.41) is 4.00. The number of ether oxygens (including phenoxy) is 2. The van der Waals surface area contributed by atoms with Gasteiger partial charge in [0.2, 0.25) is 0 Å². The van der Waals surface area contributed by atoms with E-state index in [9.17, 15) is 23.2 Å². The van der Waals surface area contributed by atoms with Crippen LogP contribution in [0.5, 0.6) is 0 Å². The number of hydrogen-bond donors (Lipinski definition) is 1. The number of carbonyl (C=O) groups is 3. The fraction of sp³-hybridized carbons (Fsp3) is 0.423. The highest BCUT2D eigenvalue weighted by atomic mass is 19.3. The molecule has 1 aliphatic rings. The highest BCUT2D eigenvalue weighted by Gasteiger charge is 2.33. The number of nitrogens with one attached hydrogen (secondary N) is 1. The average molecular weight is 520 g/mol. The van der Waals surface area contributed by atoms with E-state index in [2.05, 4.69) is 5.32 Å². The Labute approximate surface area is 214 Å². The van der Waals surface area contributed by atoms with E-state index < -0.39 is 42.6 Å². The number of esters is 1. The Morgan fingerprint density at radius 2 is 1.76 bits per heavy atom. The third kappa shape index (κ3) is 7.96. The molecule has 3 rings (SSSR count). The van der Waals surface area contributed by atoms with E-state index in [0.29, 0.717) is 11.1 Å². The number of hydrogen-bond acceptors (Lipinski definition) is 8. The molecule has 1 aliphatic heterocycles. The quantitative estimate of drug-likeness (QED) is 0.534. The van der Waals surface area contributed by atoms with E-state index in [0.717, 1.165) is 0 Å². The van der Waals surface area contributed by atoms with Gasteiger partial charge in [0.05, 0.1) is 36.5 Å². The molecule has 11 heteroatoms. The van der Waals surface area contributed by atoms with Gasteiger partial charge in [-0.05, 0) is 50.6 Å². The normalized spacial score (nSPS) is 16.8. The van der Waals surface area contributed by atoms with Crippen LogP contribution in [0.1, 0.15) is 53.1 Å². The van der Waals surface area contributed by atoms with Crippen molar-refractivity contribution in [1.29, 1.82) is 0 Å². The Kier molecular flexibility index (Phi) is 9.17. The lowest BCUT2D eigenvalue weighted by molar-refractivity contribution is -0.166. The van der Waals surface area contributed by atoms with Crippen molar-refractivity contribution in [2.75, 3.05) is 38.6 Å². The maximum absolute atomic E-state index is 13.1. The smallest absolute Gasteiger partial charge is 0.412 e. The second-order valence-corrected chi connectivity index (χ2v) is 9.48. The summed E-state index contributed by atoms with van der Waals surface area (Å²) in [4.78, 5) is 44.8. The molecule has 0 aromatic heterocycles. The van der Waals surface area contributed by atoms with Crippen LogP contribution in [0, 0.1) is 0 Å². The monoisotopic (exact) mass is 519 g/mol. The maximum Gasteiger partial charge on any atom is 0.412 e. The zero-order valence-electron chi connectivity index (χ0n) is 21.2. The summed E-state index contributed by atoms with van der Waals surface area (Å²) in [6.45, 7) is 5.19. The Balaban J connectivity index is 1.94. The van der Waals surface area contributed by atoms with Gasteiger partial charge in [-0.1, -0.05) is 24.3 Å². The molecule has 1 fully saturated rings. The average Bonchev–Trinajstić information content (AvgIpc) is 2.83. The number of piperazine rings is 1. The van der Waals surface area contributed by atoms with Gasteiger partial charge in [0, 0.05) is 19.6 Å². The van der Waals surface area contributed by atoms with Crippen LogP contribution in [0.15, 0.2) is 48.5 Å². The van der Waals surface area contributed by atoms with E-state index in [-0.39, 0.29) is 30.9 Å². The fourth-order valence-corrected chi connectivity index (χ4v) is 3.87. The molecule has 37 heavy (non-hydrogen) atoms. The number of anilines is 1. The summed E-state index contributed by atoms with van der Waals surface area (Å²) in [5.74, 6) is -1.28. The Bertz CT molecular complexity index is 1110. The van der Waals surface area contributed by atoms with Gasteiger partial charge in [-0.3, -0.25) is 10.2 Å². The molecule has 1 saturated heterocycles. The number of carbonyl (C=O) groups excluding carboxylic acids is 3. The molecule has 0 spiro atoms. The molecular weight excluding hydrogens is 488 g/mol. The largest absolute Gasteiger partial charge is 0.465 e. The number of halogens is 2. The Morgan fingerprint density at radius 1 is 1.05 bits per heavy atom. The molecule has 1 unspecified atom stereocenters. The summed E-state index contributed by atoms with van der Waals surface area (Å²) in [6.07, 6.45) is -3.32. The molecule has 1 atom stereocenters. The molecule has 9 nitrogen and oxygen atoms in total. The predicted molar refractivity (Wildman–Crippen MR) is 131 cm³/mol. The minimum atomic E-state index is -2.54. The first-order chi connectivity index (χ1) is 17.5. The second-order valence-electron chi connectivity index (χ2n) is 9.48. The third-order valence-electron chi connectivity index (χ3n) is 5.49. The van der Waals surface area contributed by atoms with Crippen molar-refractivity contribution in [3.63, 3.8) is 0 Å². The van der Waals surface area contributed by atoms with Crippen LogP contribution in [0.4, 0.5) is 19.3 Å². The molecule has 200 valence electrons. The topological polar surface area (TPSA) is 97.4 Å². The minimum Gasteiger partial charge on any atom is -0.465 e. The van der Waals surface area contributed by atoms with Crippen molar-refractivity contribution in [3.8, 4) is 0 Å². The molecule has 1 heterocycles. The van der Waals surface area contributed by atoms with Crippen molar-refractivity contribution in [2.45, 2.75) is 38.8 Å². The van der Waals surface area contributed by atoms with E-state index >= 15 is 0 Å². The summed E-state index contributed by atoms with van der Waals surface area (Å²) in [6, 6.07) is 12.3. The molecule has 1 amide bonds. The van der Waals surface area contributed by atoms with E-state index in [1.165, 1.54) is 24.3 Å². The minimum absolute atomic E-state index is 0.0742. The lowest BCUT2D eigenvalue weighted by Gasteiger charge is -2.40. The van der Waals surface area contributed by atoms with Gasteiger partial charge >= 0.3 is 18.0 Å². The second kappa shape index (κ2) is 12.1. The number of rotatable bonds is 7. The van der Waals surface area contributed by atoms with Crippen molar-refractivity contribution < 1.29 is 37.5 Å². The van der Waals surface area contributed by atoms with Gasteiger partial charge in [-0.15, -0.1) is 5.06 Å². The van der Waals surface area contributed by atoms with Crippen LogP contribution in [0.3, 0.4) is 0 Å². The zero-order chi connectivity index (χ0) is 27.2. The number of alkyl halides is 2. The van der Waals surface area contributed by atoms with E-state index in [4.69, 9.17) is 14.3 Å². The van der Waals surface area contributed by atoms with Crippen molar-refractivity contribution in [1.82, 2.24) is 9.96 Å². The molecule has 0 radical (unpaired) electrons. The molecule has 0 saturated carbocycles. The van der Waals surface area contributed by atoms with Gasteiger partial charge in [-0.2, -0.15) is 0 Å². The van der Waals surface area contributed by atoms with Gasteiger partial charge in [-0.25, -0.2) is 23.2 Å². The number of benzene rings is 2. The van der Waals surface area contributed by atoms with Crippen LogP contribution in [-0.4, -0.2) is 73.3 Å². The Hall–Kier alpha value is -3.57. The summed E-state index contributed by atoms with van der Waals surface area (Å²) in [5.41, 5.74) is 0.265. The standard InChI is InChI=1S/C26H31F2N3O6/c1-26(2,3)36-25(34)29-20-14-18(10-11-19(20)24(33)35-4)21-15-30(16-22(27)28)12-13-31(21)37-23(32)17-8-6-5-7-9-17/h5-11,14,21-22H,12-13,15-16H2,1-4H3,(H,29,34). The first-order valence-electron chi connectivity index (χ1n) is 11.7. The molecule has 0 aliphatic carbocycles. The van der Waals surface area contributed by atoms with Gasteiger partial charge in [0.15, 0.2) is 0 Å². The fourth-order valence-electron chi connectivity index (χ4n) is 3.87. The molecule has 2 aromatic rings. The highest BCUT2D eigenvalue weighted by Crippen LogP contribution is 2.31. The van der Waals surface area contributed by atoms with Crippen molar-refractivity contribution >= 4 is 23.7 Å². The van der Waals surface area contributed by atoms with Gasteiger partial charge in [0.1, 0.15) is 5.60 Å². The van der Waals surface area contributed by atoms with E-state index in [1.807, 2.05) is 0 Å². The zero-order valence-corrected chi connectivity index (χ0v) is 21.2.